The Labute approximate surface area is 194 Å². The summed E-state index contributed by atoms with van der Waals surface area (Å²) in [5, 5.41) is 17.1. The summed E-state index contributed by atoms with van der Waals surface area (Å²) in [4.78, 5) is 13.3. The second kappa shape index (κ2) is 9.76. The topological polar surface area (TPSA) is 83.7 Å². The van der Waals surface area contributed by atoms with E-state index < -0.39 is 5.63 Å². The van der Waals surface area contributed by atoms with Gasteiger partial charge in [-0.05, 0) is 60.7 Å². The van der Waals surface area contributed by atoms with Gasteiger partial charge < -0.3 is 24.9 Å². The zero-order chi connectivity index (χ0) is 22.5. The van der Waals surface area contributed by atoms with Gasteiger partial charge in [-0.15, -0.1) is 11.8 Å². The first-order valence-corrected chi connectivity index (χ1v) is 11.1. The van der Waals surface area contributed by atoms with Gasteiger partial charge >= 0.3 is 5.63 Å². The van der Waals surface area contributed by atoms with Crippen LogP contribution in [0.3, 0.4) is 0 Å². The van der Waals surface area contributed by atoms with Crippen LogP contribution >= 0.6 is 24.0 Å². The fraction of sp³-hybridized carbons (Fsp3) is 0.0833. The van der Waals surface area contributed by atoms with Gasteiger partial charge in [0.15, 0.2) is 5.11 Å². The second-order valence-electron chi connectivity index (χ2n) is 6.88. The third kappa shape index (κ3) is 5.22. The number of hydrogen-bond acceptors (Lipinski definition) is 6. The van der Waals surface area contributed by atoms with Crippen molar-refractivity contribution in [1.29, 1.82) is 0 Å². The molecule has 0 radical (unpaired) electrons. The fourth-order valence-electron chi connectivity index (χ4n) is 3.10. The average Bonchev–Trinajstić information content (AvgIpc) is 2.78. The van der Waals surface area contributed by atoms with Crippen molar-refractivity contribution in [2.75, 3.05) is 17.7 Å². The molecule has 1 aromatic heterocycles. The summed E-state index contributed by atoms with van der Waals surface area (Å²) >= 11 is 6.94. The molecule has 0 spiro atoms. The van der Waals surface area contributed by atoms with Gasteiger partial charge in [-0.3, -0.25) is 0 Å². The highest BCUT2D eigenvalue weighted by Gasteiger charge is 2.08. The van der Waals surface area contributed by atoms with E-state index in [0.29, 0.717) is 27.8 Å². The first kappa shape index (κ1) is 21.7. The van der Waals surface area contributed by atoms with E-state index >= 15 is 0 Å². The zero-order valence-electron chi connectivity index (χ0n) is 17.1. The largest absolute Gasteiger partial charge is 0.508 e. The summed E-state index contributed by atoms with van der Waals surface area (Å²) in [6, 6.07) is 21.8. The minimum absolute atomic E-state index is 0.0604. The third-order valence-corrected chi connectivity index (χ3v) is 5.88. The number of aromatic hydroxyl groups is 1. The molecule has 32 heavy (non-hydrogen) atoms. The quantitative estimate of drug-likeness (QED) is 0.193. The van der Waals surface area contributed by atoms with Gasteiger partial charge in [0.2, 0.25) is 0 Å². The number of phenols is 1. The van der Waals surface area contributed by atoms with Gasteiger partial charge in [-0.1, -0.05) is 18.2 Å². The molecular weight excluding hydrogens is 444 g/mol. The van der Waals surface area contributed by atoms with E-state index in [0.717, 1.165) is 21.7 Å². The molecule has 8 heteroatoms. The highest BCUT2D eigenvalue weighted by Crippen LogP contribution is 2.27. The van der Waals surface area contributed by atoms with E-state index in [1.807, 2.05) is 48.5 Å². The maximum atomic E-state index is 12.3. The van der Waals surface area contributed by atoms with Crippen molar-refractivity contribution < 1.29 is 14.3 Å². The number of hydrogen-bond donors (Lipinski definition) is 3. The van der Waals surface area contributed by atoms with Crippen LogP contribution in [-0.2, 0) is 5.75 Å². The van der Waals surface area contributed by atoms with Gasteiger partial charge in [-0.25, -0.2) is 4.79 Å². The van der Waals surface area contributed by atoms with Crippen molar-refractivity contribution in [2.24, 2.45) is 0 Å². The second-order valence-corrected chi connectivity index (χ2v) is 8.33. The monoisotopic (exact) mass is 464 g/mol. The third-order valence-electron chi connectivity index (χ3n) is 4.63. The molecule has 0 fully saturated rings. The molecule has 0 aliphatic carbocycles. The molecule has 0 bridgehead atoms. The number of anilines is 2. The van der Waals surface area contributed by atoms with Crippen molar-refractivity contribution >= 4 is 51.4 Å². The Kier molecular flexibility index (Phi) is 6.63. The van der Waals surface area contributed by atoms with E-state index in [4.69, 9.17) is 21.4 Å². The van der Waals surface area contributed by atoms with Crippen molar-refractivity contribution in [3.05, 3.63) is 88.8 Å². The summed E-state index contributed by atoms with van der Waals surface area (Å²) in [5.74, 6) is 1.21. The summed E-state index contributed by atoms with van der Waals surface area (Å²) in [6.07, 6.45) is 0. The Morgan fingerprint density at radius 1 is 1.06 bits per heavy atom. The number of fused-ring (bicyclic) bond motifs is 1. The van der Waals surface area contributed by atoms with Gasteiger partial charge in [0.1, 0.15) is 17.1 Å². The minimum atomic E-state index is -0.410. The molecule has 1 heterocycles. The smallest absolute Gasteiger partial charge is 0.340 e. The number of benzene rings is 3. The summed E-state index contributed by atoms with van der Waals surface area (Å²) in [6.45, 7) is 0. The van der Waals surface area contributed by atoms with E-state index in [-0.39, 0.29) is 5.75 Å². The number of thioether (sulfide) groups is 1. The molecule has 6 nitrogen and oxygen atoms in total. The lowest BCUT2D eigenvalue weighted by atomic mass is 10.2. The predicted molar refractivity (Wildman–Crippen MR) is 133 cm³/mol. The average molecular weight is 465 g/mol. The number of phenolic OH excluding ortho intramolecular Hbond substituents is 1. The van der Waals surface area contributed by atoms with Crippen molar-refractivity contribution in [3.63, 3.8) is 0 Å². The first-order chi connectivity index (χ1) is 15.5. The van der Waals surface area contributed by atoms with Crippen LogP contribution in [-0.4, -0.2) is 17.3 Å². The maximum absolute atomic E-state index is 12.3. The lowest BCUT2D eigenvalue weighted by molar-refractivity contribution is 0.417. The van der Waals surface area contributed by atoms with Crippen LogP contribution < -0.4 is 21.0 Å². The molecular formula is C24H20N2O4S2. The van der Waals surface area contributed by atoms with E-state index in [1.54, 1.807) is 25.3 Å². The van der Waals surface area contributed by atoms with Crippen LogP contribution in [0.2, 0.25) is 0 Å². The molecule has 0 aliphatic rings. The van der Waals surface area contributed by atoms with Gasteiger partial charge in [0.25, 0.3) is 0 Å². The molecule has 4 rings (SSSR count). The number of thiocarbonyl (C=S) groups is 1. The highest BCUT2D eigenvalue weighted by molar-refractivity contribution is 7.98. The molecule has 0 unspecified atom stereocenters. The minimum Gasteiger partial charge on any atom is -0.508 e. The summed E-state index contributed by atoms with van der Waals surface area (Å²) < 4.78 is 10.7. The fourth-order valence-corrected chi connectivity index (χ4v) is 4.24. The zero-order valence-corrected chi connectivity index (χ0v) is 18.8. The van der Waals surface area contributed by atoms with Crippen LogP contribution in [0.25, 0.3) is 11.0 Å². The van der Waals surface area contributed by atoms with E-state index in [9.17, 15) is 9.90 Å². The Hall–Kier alpha value is -3.49. The molecule has 4 aromatic rings. The molecule has 3 N–H and O–H groups in total. The standard InChI is InChI=1S/C24H20N2O4S2/c1-29-21-8-3-2-7-20(21)26-24(31)25-17-5-4-6-19(12-17)32-14-16-11-15-9-10-18(27)13-22(15)30-23(16)28/h2-13,27H,14H2,1H3,(H2,25,26,31). The SMILES string of the molecule is COc1ccccc1NC(=S)Nc1cccc(SCc2cc3ccc(O)cc3oc2=O)c1. The first-order valence-electron chi connectivity index (χ1n) is 9.71. The molecule has 0 atom stereocenters. The lowest BCUT2D eigenvalue weighted by Crippen LogP contribution is -2.19. The molecule has 0 aliphatic heterocycles. The lowest BCUT2D eigenvalue weighted by Gasteiger charge is -2.13. The number of para-hydroxylation sites is 2. The molecule has 3 aromatic carbocycles. The van der Waals surface area contributed by atoms with E-state index in [1.165, 1.54) is 17.8 Å². The van der Waals surface area contributed by atoms with Crippen molar-refractivity contribution in [1.82, 2.24) is 0 Å². The molecule has 0 amide bonds. The van der Waals surface area contributed by atoms with Crippen LogP contribution in [0.15, 0.2) is 86.9 Å². The van der Waals surface area contributed by atoms with Gasteiger partial charge in [-0.2, -0.15) is 0 Å². The number of methoxy groups -OCH3 is 1. The van der Waals surface area contributed by atoms with Crippen LogP contribution in [0, 0.1) is 0 Å². The summed E-state index contributed by atoms with van der Waals surface area (Å²) in [5.41, 5.74) is 2.11. The Balaban J connectivity index is 1.43. The Morgan fingerprint density at radius 3 is 2.75 bits per heavy atom. The van der Waals surface area contributed by atoms with Crippen LogP contribution in [0.1, 0.15) is 5.56 Å². The van der Waals surface area contributed by atoms with Gasteiger partial charge in [0.05, 0.1) is 12.8 Å². The molecule has 162 valence electrons. The van der Waals surface area contributed by atoms with Crippen LogP contribution in [0.5, 0.6) is 11.5 Å². The van der Waals surface area contributed by atoms with Crippen molar-refractivity contribution in [3.8, 4) is 11.5 Å². The number of nitrogens with one attached hydrogen (secondary N) is 2. The highest BCUT2D eigenvalue weighted by atomic mass is 32.2. The molecule has 0 saturated heterocycles. The number of ether oxygens (including phenoxy) is 1. The number of rotatable bonds is 6. The van der Waals surface area contributed by atoms with Crippen LogP contribution in [0.4, 0.5) is 11.4 Å². The Morgan fingerprint density at radius 2 is 1.91 bits per heavy atom. The Bertz CT molecular complexity index is 1340. The summed E-state index contributed by atoms with van der Waals surface area (Å²) in [7, 11) is 1.61. The van der Waals surface area contributed by atoms with Crippen molar-refractivity contribution in [2.45, 2.75) is 10.6 Å². The van der Waals surface area contributed by atoms with Gasteiger partial charge in [0, 0.05) is 33.4 Å². The maximum Gasteiger partial charge on any atom is 0.340 e. The molecule has 0 saturated carbocycles. The predicted octanol–water partition coefficient (Wildman–Crippen LogP) is 5.61. The van der Waals surface area contributed by atoms with E-state index in [2.05, 4.69) is 10.6 Å². The normalized spacial score (nSPS) is 10.7.